The molecular weight excluding hydrogens is 192 g/mol. The molecule has 15 heavy (non-hydrogen) atoms. The molecule has 0 saturated heterocycles. The maximum absolute atomic E-state index is 11.3. The minimum absolute atomic E-state index is 0.133. The van der Waals surface area contributed by atoms with Crippen molar-refractivity contribution >= 4 is 5.97 Å². The topological polar surface area (TPSA) is 35.5 Å². The third-order valence-corrected chi connectivity index (χ3v) is 2.82. The highest BCUT2D eigenvalue weighted by Gasteiger charge is 2.18. The van der Waals surface area contributed by atoms with Crippen molar-refractivity contribution in [1.29, 1.82) is 0 Å². The van der Waals surface area contributed by atoms with E-state index in [9.17, 15) is 4.79 Å². The van der Waals surface area contributed by atoms with Crippen LogP contribution in [0, 0.1) is 5.92 Å². The number of carbonyl (C=O) groups is 1. The molecule has 0 N–H and O–H groups in total. The molecule has 1 unspecified atom stereocenters. The van der Waals surface area contributed by atoms with Gasteiger partial charge in [-0.2, -0.15) is 0 Å². The molecule has 1 aliphatic rings. The van der Waals surface area contributed by atoms with Crippen LogP contribution in [0.25, 0.3) is 0 Å². The predicted octanol–water partition coefficient (Wildman–Crippen LogP) is 2.53. The van der Waals surface area contributed by atoms with Gasteiger partial charge in [-0.25, -0.2) is 0 Å². The summed E-state index contributed by atoms with van der Waals surface area (Å²) >= 11 is 0. The van der Waals surface area contributed by atoms with Gasteiger partial charge in [-0.05, 0) is 26.7 Å². The molecule has 1 rings (SSSR count). The van der Waals surface area contributed by atoms with E-state index in [1.807, 2.05) is 13.8 Å². The van der Waals surface area contributed by atoms with Gasteiger partial charge in [-0.15, -0.1) is 0 Å². The standard InChI is InChI=1S/C12H22O3/c1-3-14-12(13)10(2)9-15-11-7-5-4-6-8-11/h10-11H,3-9H2,1-2H3. The van der Waals surface area contributed by atoms with Crippen LogP contribution in [0.5, 0.6) is 0 Å². The first-order chi connectivity index (χ1) is 7.24. The maximum Gasteiger partial charge on any atom is 0.310 e. The first kappa shape index (κ1) is 12.5. The molecular formula is C12H22O3. The van der Waals surface area contributed by atoms with Gasteiger partial charge in [0.05, 0.1) is 25.2 Å². The molecule has 0 aliphatic heterocycles. The number of ether oxygens (including phenoxy) is 2. The van der Waals surface area contributed by atoms with E-state index in [1.165, 1.54) is 19.3 Å². The Kier molecular flexibility index (Phi) is 5.69. The van der Waals surface area contributed by atoms with E-state index in [0.717, 1.165) is 12.8 Å². The Balaban J connectivity index is 2.14. The zero-order valence-corrected chi connectivity index (χ0v) is 9.83. The predicted molar refractivity (Wildman–Crippen MR) is 58.6 cm³/mol. The monoisotopic (exact) mass is 214 g/mol. The zero-order chi connectivity index (χ0) is 11.1. The van der Waals surface area contributed by atoms with E-state index in [0.29, 0.717) is 19.3 Å². The number of rotatable bonds is 5. The summed E-state index contributed by atoms with van der Waals surface area (Å²) < 4.78 is 10.6. The Labute approximate surface area is 92.1 Å². The lowest BCUT2D eigenvalue weighted by atomic mass is 9.98. The van der Waals surface area contributed by atoms with E-state index >= 15 is 0 Å². The molecule has 0 aromatic rings. The van der Waals surface area contributed by atoms with Gasteiger partial charge >= 0.3 is 5.97 Å². The SMILES string of the molecule is CCOC(=O)C(C)COC1CCCCC1. The van der Waals surface area contributed by atoms with Crippen LogP contribution in [0.15, 0.2) is 0 Å². The van der Waals surface area contributed by atoms with Crippen LogP contribution in [0.1, 0.15) is 46.0 Å². The molecule has 1 saturated carbocycles. The van der Waals surface area contributed by atoms with Crippen molar-refractivity contribution in [3.05, 3.63) is 0 Å². The van der Waals surface area contributed by atoms with Crippen LogP contribution in [0.2, 0.25) is 0 Å². The summed E-state index contributed by atoms with van der Waals surface area (Å²) in [5.74, 6) is -0.278. The second-order valence-electron chi connectivity index (χ2n) is 4.25. The van der Waals surface area contributed by atoms with E-state index in [1.54, 1.807) is 0 Å². The normalized spacial score (nSPS) is 19.9. The van der Waals surface area contributed by atoms with Crippen LogP contribution >= 0.6 is 0 Å². The van der Waals surface area contributed by atoms with Gasteiger partial charge in [0.25, 0.3) is 0 Å². The van der Waals surface area contributed by atoms with Gasteiger partial charge in [0, 0.05) is 0 Å². The second-order valence-corrected chi connectivity index (χ2v) is 4.25. The summed E-state index contributed by atoms with van der Waals surface area (Å²) in [5.41, 5.74) is 0. The lowest BCUT2D eigenvalue weighted by Crippen LogP contribution is -2.24. The molecule has 1 fully saturated rings. The van der Waals surface area contributed by atoms with Gasteiger partial charge < -0.3 is 9.47 Å². The van der Waals surface area contributed by atoms with Gasteiger partial charge in [0.15, 0.2) is 0 Å². The van der Waals surface area contributed by atoms with Crippen molar-refractivity contribution in [1.82, 2.24) is 0 Å². The van der Waals surface area contributed by atoms with Crippen LogP contribution in [-0.2, 0) is 14.3 Å². The molecule has 0 bridgehead atoms. The number of hydrogen-bond acceptors (Lipinski definition) is 3. The van der Waals surface area contributed by atoms with E-state index in [2.05, 4.69) is 0 Å². The molecule has 0 spiro atoms. The van der Waals surface area contributed by atoms with Crippen molar-refractivity contribution in [2.75, 3.05) is 13.2 Å². The number of carbonyl (C=O) groups excluding carboxylic acids is 1. The minimum Gasteiger partial charge on any atom is -0.466 e. The second kappa shape index (κ2) is 6.83. The third kappa shape index (κ3) is 4.65. The highest BCUT2D eigenvalue weighted by Crippen LogP contribution is 2.20. The van der Waals surface area contributed by atoms with E-state index < -0.39 is 0 Å². The molecule has 3 heteroatoms. The molecule has 0 heterocycles. The Morgan fingerprint density at radius 2 is 2.00 bits per heavy atom. The summed E-state index contributed by atoms with van der Waals surface area (Å²) in [6.07, 6.45) is 6.52. The average molecular weight is 214 g/mol. The van der Waals surface area contributed by atoms with Gasteiger partial charge in [-0.1, -0.05) is 19.3 Å². The average Bonchev–Trinajstić information content (AvgIpc) is 2.27. The highest BCUT2D eigenvalue weighted by atomic mass is 16.5. The molecule has 0 amide bonds. The first-order valence-corrected chi connectivity index (χ1v) is 6.02. The van der Waals surface area contributed by atoms with Gasteiger partial charge in [-0.3, -0.25) is 4.79 Å². The molecule has 0 aromatic carbocycles. The van der Waals surface area contributed by atoms with E-state index in [4.69, 9.17) is 9.47 Å². The summed E-state index contributed by atoms with van der Waals surface area (Å²) in [4.78, 5) is 11.3. The molecule has 3 nitrogen and oxygen atoms in total. The lowest BCUT2D eigenvalue weighted by molar-refractivity contribution is -0.150. The zero-order valence-electron chi connectivity index (χ0n) is 9.83. The Bertz CT molecular complexity index is 185. The molecule has 1 atom stereocenters. The third-order valence-electron chi connectivity index (χ3n) is 2.82. The fourth-order valence-electron chi connectivity index (χ4n) is 1.86. The fraction of sp³-hybridized carbons (Fsp3) is 0.917. The minimum atomic E-state index is -0.145. The van der Waals surface area contributed by atoms with Crippen molar-refractivity contribution < 1.29 is 14.3 Å². The van der Waals surface area contributed by atoms with Crippen molar-refractivity contribution in [2.24, 2.45) is 5.92 Å². The Hall–Kier alpha value is -0.570. The molecule has 88 valence electrons. The Morgan fingerprint density at radius 3 is 2.60 bits per heavy atom. The quantitative estimate of drug-likeness (QED) is 0.660. The summed E-state index contributed by atoms with van der Waals surface area (Å²) in [6, 6.07) is 0. The van der Waals surface area contributed by atoms with Crippen molar-refractivity contribution in [3.63, 3.8) is 0 Å². The molecule has 1 aliphatic carbocycles. The summed E-state index contributed by atoms with van der Waals surface area (Å²) in [5, 5.41) is 0. The van der Waals surface area contributed by atoms with Crippen LogP contribution in [0.3, 0.4) is 0 Å². The van der Waals surface area contributed by atoms with Crippen LogP contribution in [-0.4, -0.2) is 25.3 Å². The van der Waals surface area contributed by atoms with Crippen molar-refractivity contribution in [2.45, 2.75) is 52.1 Å². The lowest BCUT2D eigenvalue weighted by Gasteiger charge is -2.23. The first-order valence-electron chi connectivity index (χ1n) is 6.02. The smallest absolute Gasteiger partial charge is 0.310 e. The van der Waals surface area contributed by atoms with Gasteiger partial charge in [0.2, 0.25) is 0 Å². The summed E-state index contributed by atoms with van der Waals surface area (Å²) in [7, 11) is 0. The Morgan fingerprint density at radius 1 is 1.33 bits per heavy atom. The number of esters is 1. The molecule has 0 radical (unpaired) electrons. The number of hydrogen-bond donors (Lipinski definition) is 0. The largest absolute Gasteiger partial charge is 0.466 e. The van der Waals surface area contributed by atoms with Crippen molar-refractivity contribution in [3.8, 4) is 0 Å². The highest BCUT2D eigenvalue weighted by molar-refractivity contribution is 5.72. The van der Waals surface area contributed by atoms with Crippen LogP contribution in [0.4, 0.5) is 0 Å². The van der Waals surface area contributed by atoms with E-state index in [-0.39, 0.29) is 11.9 Å². The van der Waals surface area contributed by atoms with Gasteiger partial charge in [0.1, 0.15) is 0 Å². The fourth-order valence-corrected chi connectivity index (χ4v) is 1.86. The molecule has 0 aromatic heterocycles. The van der Waals surface area contributed by atoms with Crippen LogP contribution < -0.4 is 0 Å². The maximum atomic E-state index is 11.3. The summed E-state index contributed by atoms with van der Waals surface area (Å²) in [6.45, 7) is 4.64.